The summed E-state index contributed by atoms with van der Waals surface area (Å²) in [5, 5.41) is 25.0. The molecule has 1 heterocycles. The van der Waals surface area contributed by atoms with Gasteiger partial charge in [0.15, 0.2) is 0 Å². The van der Waals surface area contributed by atoms with E-state index in [9.17, 15) is 15.0 Å². The molecule has 3 N–H and O–H groups in total. The summed E-state index contributed by atoms with van der Waals surface area (Å²) in [5.74, 6) is -0.484. The number of hydrogen-bond donors (Lipinski definition) is 3. The van der Waals surface area contributed by atoms with Crippen LogP contribution in [0.5, 0.6) is 11.5 Å². The van der Waals surface area contributed by atoms with Crippen LogP contribution in [0.25, 0.3) is 22.2 Å². The number of hydrazone groups is 1. The Morgan fingerprint density at radius 1 is 0.968 bits per heavy atom. The van der Waals surface area contributed by atoms with Gasteiger partial charge in [0.25, 0.3) is 5.91 Å². The summed E-state index contributed by atoms with van der Waals surface area (Å²) in [5.41, 5.74) is 5.74. The molecule has 0 aliphatic carbocycles. The molecule has 0 saturated carbocycles. The topological polar surface area (TPSA) is 94.8 Å². The van der Waals surface area contributed by atoms with Crippen molar-refractivity contribution in [1.82, 2.24) is 10.4 Å². The zero-order valence-corrected chi connectivity index (χ0v) is 17.3. The number of carbonyl (C=O) groups excluding carboxylic acids is 1. The number of carbonyl (C=O) groups is 1. The van der Waals surface area contributed by atoms with Gasteiger partial charge in [-0.25, -0.2) is 10.4 Å². The Labute approximate surface area is 183 Å². The van der Waals surface area contributed by atoms with Crippen LogP contribution in [0, 0.1) is 0 Å². The predicted octanol–water partition coefficient (Wildman–Crippen LogP) is 5.12. The lowest BCUT2D eigenvalue weighted by Gasteiger charge is -2.10. The molecule has 4 aromatic rings. The standard InChI is InChI=1S/C24H18ClN3O3/c1-14(19-12-17(29)10-11-23(19)30)27-28-24(31)20-13-22(15-6-8-16(25)9-7-15)26-21-5-3-2-4-18(20)21/h2-13,29-30H,1H3,(H,28,31)/b27-14-. The Balaban J connectivity index is 1.71. The number of fused-ring (bicyclic) bond motifs is 1. The highest BCUT2D eigenvalue weighted by Gasteiger charge is 2.14. The van der Waals surface area contributed by atoms with Gasteiger partial charge in [-0.05, 0) is 49.4 Å². The molecule has 0 aliphatic heterocycles. The molecule has 1 amide bonds. The number of amides is 1. The number of hydrogen-bond acceptors (Lipinski definition) is 5. The third-order valence-electron chi connectivity index (χ3n) is 4.80. The second-order valence-electron chi connectivity index (χ2n) is 6.92. The lowest BCUT2D eigenvalue weighted by atomic mass is 10.0. The van der Waals surface area contributed by atoms with Crippen molar-refractivity contribution in [1.29, 1.82) is 0 Å². The Bertz CT molecular complexity index is 1320. The summed E-state index contributed by atoms with van der Waals surface area (Å²) < 4.78 is 0. The number of nitrogens with zero attached hydrogens (tertiary/aromatic N) is 2. The van der Waals surface area contributed by atoms with E-state index in [4.69, 9.17) is 11.6 Å². The van der Waals surface area contributed by atoms with Crippen molar-refractivity contribution in [3.05, 3.63) is 88.9 Å². The minimum atomic E-state index is -0.423. The number of nitrogens with one attached hydrogen (secondary N) is 1. The summed E-state index contributed by atoms with van der Waals surface area (Å²) in [4.78, 5) is 17.7. The molecular weight excluding hydrogens is 414 g/mol. The van der Waals surface area contributed by atoms with Crippen LogP contribution >= 0.6 is 11.6 Å². The van der Waals surface area contributed by atoms with Crippen molar-refractivity contribution in [2.24, 2.45) is 5.10 Å². The van der Waals surface area contributed by atoms with E-state index in [2.05, 4.69) is 15.5 Å². The first kappa shape index (κ1) is 20.4. The lowest BCUT2D eigenvalue weighted by molar-refractivity contribution is 0.0956. The van der Waals surface area contributed by atoms with E-state index in [1.807, 2.05) is 36.4 Å². The van der Waals surface area contributed by atoms with E-state index in [1.54, 1.807) is 25.1 Å². The summed E-state index contributed by atoms with van der Waals surface area (Å²) in [7, 11) is 0. The number of para-hydroxylation sites is 1. The number of pyridine rings is 1. The van der Waals surface area contributed by atoms with E-state index < -0.39 is 5.91 Å². The van der Waals surface area contributed by atoms with Gasteiger partial charge in [-0.3, -0.25) is 4.79 Å². The Hall–Kier alpha value is -3.90. The molecule has 7 heteroatoms. The van der Waals surface area contributed by atoms with Gasteiger partial charge in [0.05, 0.1) is 22.5 Å². The summed E-state index contributed by atoms with van der Waals surface area (Å²) in [6.45, 7) is 1.62. The summed E-state index contributed by atoms with van der Waals surface area (Å²) in [6.07, 6.45) is 0. The van der Waals surface area contributed by atoms with Gasteiger partial charge in [0.2, 0.25) is 0 Å². The lowest BCUT2D eigenvalue weighted by Crippen LogP contribution is -2.20. The van der Waals surface area contributed by atoms with Crippen molar-refractivity contribution in [3.8, 4) is 22.8 Å². The quantitative estimate of drug-likeness (QED) is 0.237. The number of phenols is 2. The van der Waals surface area contributed by atoms with Crippen LogP contribution in [0.4, 0.5) is 0 Å². The third kappa shape index (κ3) is 4.34. The molecule has 4 rings (SSSR count). The molecule has 6 nitrogen and oxygen atoms in total. The zero-order chi connectivity index (χ0) is 22.0. The maximum atomic E-state index is 13.0. The van der Waals surface area contributed by atoms with Gasteiger partial charge in [-0.1, -0.05) is 41.9 Å². The predicted molar refractivity (Wildman–Crippen MR) is 122 cm³/mol. The monoisotopic (exact) mass is 431 g/mol. The molecule has 0 spiro atoms. The zero-order valence-electron chi connectivity index (χ0n) is 16.5. The maximum Gasteiger partial charge on any atom is 0.272 e. The van der Waals surface area contributed by atoms with Crippen molar-refractivity contribution in [2.45, 2.75) is 6.92 Å². The smallest absolute Gasteiger partial charge is 0.272 e. The van der Waals surface area contributed by atoms with E-state index >= 15 is 0 Å². The Morgan fingerprint density at radius 2 is 1.71 bits per heavy atom. The van der Waals surface area contributed by atoms with Crippen LogP contribution < -0.4 is 5.43 Å². The molecule has 0 unspecified atom stereocenters. The first-order valence-electron chi connectivity index (χ1n) is 9.45. The van der Waals surface area contributed by atoms with Crippen molar-refractivity contribution >= 4 is 34.1 Å². The van der Waals surface area contributed by atoms with Crippen LogP contribution in [0.1, 0.15) is 22.8 Å². The van der Waals surface area contributed by atoms with Crippen LogP contribution in [-0.2, 0) is 0 Å². The molecule has 0 fully saturated rings. The first-order chi connectivity index (χ1) is 14.9. The van der Waals surface area contributed by atoms with Gasteiger partial charge in [0.1, 0.15) is 11.5 Å². The second-order valence-corrected chi connectivity index (χ2v) is 7.36. The van der Waals surface area contributed by atoms with Crippen LogP contribution in [-0.4, -0.2) is 26.8 Å². The number of aromatic nitrogens is 1. The largest absolute Gasteiger partial charge is 0.508 e. The minimum absolute atomic E-state index is 0.0126. The molecule has 0 atom stereocenters. The van der Waals surface area contributed by atoms with Gasteiger partial charge >= 0.3 is 0 Å². The fourth-order valence-electron chi connectivity index (χ4n) is 3.20. The van der Waals surface area contributed by atoms with Gasteiger partial charge in [-0.2, -0.15) is 5.10 Å². The SMILES string of the molecule is C/C(=N/NC(=O)c1cc(-c2ccc(Cl)cc2)nc2ccccc12)c1cc(O)ccc1O. The van der Waals surface area contributed by atoms with Crippen molar-refractivity contribution in [2.75, 3.05) is 0 Å². The number of rotatable bonds is 4. The van der Waals surface area contributed by atoms with Crippen molar-refractivity contribution in [3.63, 3.8) is 0 Å². The molecule has 1 aromatic heterocycles. The van der Waals surface area contributed by atoms with Crippen LogP contribution in [0.2, 0.25) is 5.02 Å². The average Bonchev–Trinajstić information content (AvgIpc) is 2.78. The average molecular weight is 432 g/mol. The summed E-state index contributed by atoms with van der Waals surface area (Å²) in [6, 6.07) is 20.4. The number of phenolic OH excluding ortho intramolecular Hbond substituents is 2. The number of benzene rings is 3. The highest BCUT2D eigenvalue weighted by Crippen LogP contribution is 2.26. The highest BCUT2D eigenvalue weighted by molar-refractivity contribution is 6.30. The van der Waals surface area contributed by atoms with Crippen LogP contribution in [0.15, 0.2) is 77.9 Å². The van der Waals surface area contributed by atoms with E-state index in [0.29, 0.717) is 38.5 Å². The molecule has 0 radical (unpaired) electrons. The molecule has 0 aliphatic rings. The molecule has 154 valence electrons. The highest BCUT2D eigenvalue weighted by atomic mass is 35.5. The fraction of sp³-hybridized carbons (Fsp3) is 0.0417. The third-order valence-corrected chi connectivity index (χ3v) is 5.05. The summed E-state index contributed by atoms with van der Waals surface area (Å²) >= 11 is 5.99. The van der Waals surface area contributed by atoms with E-state index in [-0.39, 0.29) is 11.5 Å². The van der Waals surface area contributed by atoms with Gasteiger partial charge < -0.3 is 10.2 Å². The normalized spacial score (nSPS) is 11.5. The van der Waals surface area contributed by atoms with Gasteiger partial charge in [0, 0.05) is 21.5 Å². The number of halogens is 1. The molecule has 31 heavy (non-hydrogen) atoms. The minimum Gasteiger partial charge on any atom is -0.508 e. The Morgan fingerprint density at radius 3 is 2.48 bits per heavy atom. The molecule has 0 bridgehead atoms. The van der Waals surface area contributed by atoms with Crippen molar-refractivity contribution < 1.29 is 15.0 Å². The van der Waals surface area contributed by atoms with E-state index in [0.717, 1.165) is 5.56 Å². The Kier molecular flexibility index (Phi) is 5.56. The molecular formula is C24H18ClN3O3. The fourth-order valence-corrected chi connectivity index (χ4v) is 3.33. The van der Waals surface area contributed by atoms with Gasteiger partial charge in [-0.15, -0.1) is 0 Å². The second kappa shape index (κ2) is 8.45. The van der Waals surface area contributed by atoms with Crippen LogP contribution in [0.3, 0.4) is 0 Å². The van der Waals surface area contributed by atoms with E-state index in [1.165, 1.54) is 18.2 Å². The number of aromatic hydroxyl groups is 2. The molecule has 3 aromatic carbocycles. The first-order valence-corrected chi connectivity index (χ1v) is 9.83. The maximum absolute atomic E-state index is 13.0. The molecule has 0 saturated heterocycles.